The van der Waals surface area contributed by atoms with Crippen molar-refractivity contribution in [3.05, 3.63) is 29.8 Å². The molecule has 1 nitrogen and oxygen atoms in total. The molecule has 1 heteroatoms. The molecule has 1 unspecified atom stereocenters. The fraction of sp³-hybridized carbons (Fsp3) is 0.600. The maximum Gasteiger partial charge on any atom is 0.115 e. The normalized spacial score (nSPS) is 12.6. The van der Waals surface area contributed by atoms with Crippen molar-refractivity contribution in [3.63, 3.8) is 0 Å². The fourth-order valence-electron chi connectivity index (χ4n) is 2.02. The van der Waals surface area contributed by atoms with Gasteiger partial charge in [-0.1, -0.05) is 58.1 Å². The van der Waals surface area contributed by atoms with Crippen LogP contribution < -0.4 is 0 Å². The second kappa shape index (κ2) is 7.32. The van der Waals surface area contributed by atoms with Crippen molar-refractivity contribution >= 4 is 0 Å². The van der Waals surface area contributed by atoms with Crippen LogP contribution in [0.3, 0.4) is 0 Å². The highest BCUT2D eigenvalue weighted by Gasteiger charge is 2.04. The first-order valence-corrected chi connectivity index (χ1v) is 6.53. The standard InChI is InChI=1S/C15H24O/c1-3-4-5-6-7-8-13(2)14-9-11-15(16)12-10-14/h9-13,16H,3-8H2,1-2H3. The van der Waals surface area contributed by atoms with Gasteiger partial charge in [-0.25, -0.2) is 0 Å². The summed E-state index contributed by atoms with van der Waals surface area (Å²) in [5.41, 5.74) is 1.34. The van der Waals surface area contributed by atoms with Gasteiger partial charge in [-0.2, -0.15) is 0 Å². The minimum absolute atomic E-state index is 0.360. The molecule has 1 aromatic rings. The summed E-state index contributed by atoms with van der Waals surface area (Å²) >= 11 is 0. The molecule has 1 rings (SSSR count). The smallest absolute Gasteiger partial charge is 0.115 e. The number of unbranched alkanes of at least 4 members (excludes halogenated alkanes) is 4. The summed E-state index contributed by atoms with van der Waals surface area (Å²) in [6.45, 7) is 4.52. The van der Waals surface area contributed by atoms with Crippen LogP contribution in [0.15, 0.2) is 24.3 Å². The van der Waals surface area contributed by atoms with Crippen molar-refractivity contribution in [2.45, 2.75) is 58.3 Å². The van der Waals surface area contributed by atoms with Crippen LogP contribution in [0.2, 0.25) is 0 Å². The van der Waals surface area contributed by atoms with E-state index in [4.69, 9.17) is 0 Å². The lowest BCUT2D eigenvalue weighted by Crippen LogP contribution is -1.93. The van der Waals surface area contributed by atoms with Gasteiger partial charge in [-0.3, -0.25) is 0 Å². The van der Waals surface area contributed by atoms with Gasteiger partial charge in [0, 0.05) is 0 Å². The molecule has 0 heterocycles. The van der Waals surface area contributed by atoms with Gasteiger partial charge < -0.3 is 5.11 Å². The average Bonchev–Trinajstić information content (AvgIpc) is 2.29. The zero-order valence-electron chi connectivity index (χ0n) is 10.6. The van der Waals surface area contributed by atoms with Crippen LogP contribution in [0.5, 0.6) is 5.75 Å². The number of phenols is 1. The molecule has 1 aromatic carbocycles. The van der Waals surface area contributed by atoms with Gasteiger partial charge >= 0.3 is 0 Å². The Bertz CT molecular complexity index is 276. The van der Waals surface area contributed by atoms with Crippen molar-refractivity contribution in [2.75, 3.05) is 0 Å². The lowest BCUT2D eigenvalue weighted by atomic mass is 9.95. The van der Waals surface area contributed by atoms with Gasteiger partial charge in [-0.05, 0) is 30.0 Å². The summed E-state index contributed by atoms with van der Waals surface area (Å²) in [5, 5.41) is 9.21. The summed E-state index contributed by atoms with van der Waals surface area (Å²) < 4.78 is 0. The molecule has 1 atom stereocenters. The van der Waals surface area contributed by atoms with Crippen LogP contribution in [0.1, 0.15) is 63.9 Å². The topological polar surface area (TPSA) is 20.2 Å². The van der Waals surface area contributed by atoms with E-state index in [9.17, 15) is 5.11 Å². The maximum atomic E-state index is 9.21. The summed E-state index contributed by atoms with van der Waals surface area (Å²) in [6.07, 6.45) is 7.99. The van der Waals surface area contributed by atoms with Gasteiger partial charge in [0.05, 0.1) is 0 Å². The summed E-state index contributed by atoms with van der Waals surface area (Å²) in [4.78, 5) is 0. The predicted octanol–water partition coefficient (Wildman–Crippen LogP) is 4.86. The van der Waals surface area contributed by atoms with E-state index in [2.05, 4.69) is 13.8 Å². The number of aromatic hydroxyl groups is 1. The lowest BCUT2D eigenvalue weighted by molar-refractivity contribution is 0.474. The zero-order valence-corrected chi connectivity index (χ0v) is 10.6. The molecule has 0 aliphatic heterocycles. The van der Waals surface area contributed by atoms with E-state index in [-0.39, 0.29) is 0 Å². The Morgan fingerprint density at radius 2 is 1.62 bits per heavy atom. The molecule has 0 amide bonds. The summed E-state index contributed by atoms with van der Waals surface area (Å²) in [6, 6.07) is 7.63. The number of hydrogen-bond acceptors (Lipinski definition) is 1. The third-order valence-corrected chi connectivity index (χ3v) is 3.20. The fourth-order valence-corrected chi connectivity index (χ4v) is 2.02. The van der Waals surface area contributed by atoms with E-state index in [1.165, 1.54) is 44.1 Å². The van der Waals surface area contributed by atoms with E-state index < -0.39 is 0 Å². The molecular formula is C15H24O. The van der Waals surface area contributed by atoms with Crippen molar-refractivity contribution < 1.29 is 5.11 Å². The Morgan fingerprint density at radius 3 is 2.25 bits per heavy atom. The Hall–Kier alpha value is -0.980. The molecular weight excluding hydrogens is 196 g/mol. The molecule has 0 spiro atoms. The van der Waals surface area contributed by atoms with Gasteiger partial charge in [-0.15, -0.1) is 0 Å². The largest absolute Gasteiger partial charge is 0.508 e. The number of benzene rings is 1. The first-order chi connectivity index (χ1) is 7.74. The third kappa shape index (κ3) is 4.69. The quantitative estimate of drug-likeness (QED) is 0.651. The summed E-state index contributed by atoms with van der Waals surface area (Å²) in [5.74, 6) is 0.973. The summed E-state index contributed by atoms with van der Waals surface area (Å²) in [7, 11) is 0. The molecule has 0 saturated carbocycles. The average molecular weight is 220 g/mol. The molecule has 0 aliphatic rings. The van der Waals surface area contributed by atoms with Gasteiger partial charge in [0.25, 0.3) is 0 Å². The third-order valence-electron chi connectivity index (χ3n) is 3.20. The second-order valence-corrected chi connectivity index (χ2v) is 4.70. The molecule has 0 aliphatic carbocycles. The molecule has 0 fully saturated rings. The van der Waals surface area contributed by atoms with E-state index in [0.717, 1.165) is 0 Å². The SMILES string of the molecule is CCCCCCCC(C)c1ccc(O)cc1. The molecule has 0 aromatic heterocycles. The monoisotopic (exact) mass is 220 g/mol. The van der Waals surface area contributed by atoms with Gasteiger partial charge in [0.2, 0.25) is 0 Å². The first-order valence-electron chi connectivity index (χ1n) is 6.53. The molecule has 0 bridgehead atoms. The van der Waals surface area contributed by atoms with E-state index in [0.29, 0.717) is 11.7 Å². The number of rotatable bonds is 7. The number of phenolic OH excluding ortho intramolecular Hbond substituents is 1. The maximum absolute atomic E-state index is 9.21. The minimum Gasteiger partial charge on any atom is -0.508 e. The molecule has 0 radical (unpaired) electrons. The van der Waals surface area contributed by atoms with E-state index >= 15 is 0 Å². The van der Waals surface area contributed by atoms with Crippen LogP contribution in [0.25, 0.3) is 0 Å². The van der Waals surface area contributed by atoms with Crippen LogP contribution in [0.4, 0.5) is 0 Å². The van der Waals surface area contributed by atoms with Crippen molar-refractivity contribution in [1.82, 2.24) is 0 Å². The van der Waals surface area contributed by atoms with Crippen LogP contribution in [0, 0.1) is 0 Å². The lowest BCUT2D eigenvalue weighted by Gasteiger charge is -2.11. The van der Waals surface area contributed by atoms with E-state index in [1.807, 2.05) is 12.1 Å². The molecule has 1 N–H and O–H groups in total. The second-order valence-electron chi connectivity index (χ2n) is 4.70. The van der Waals surface area contributed by atoms with E-state index in [1.54, 1.807) is 12.1 Å². The highest BCUT2D eigenvalue weighted by Crippen LogP contribution is 2.23. The Kier molecular flexibility index (Phi) is 5.99. The molecule has 16 heavy (non-hydrogen) atoms. The Labute approximate surface area is 99.5 Å². The molecule has 90 valence electrons. The minimum atomic E-state index is 0.360. The van der Waals surface area contributed by atoms with Crippen LogP contribution >= 0.6 is 0 Å². The van der Waals surface area contributed by atoms with Crippen LogP contribution in [-0.4, -0.2) is 5.11 Å². The van der Waals surface area contributed by atoms with Crippen LogP contribution in [-0.2, 0) is 0 Å². The Balaban J connectivity index is 2.24. The van der Waals surface area contributed by atoms with Crippen molar-refractivity contribution in [1.29, 1.82) is 0 Å². The van der Waals surface area contributed by atoms with Crippen molar-refractivity contribution in [2.24, 2.45) is 0 Å². The Morgan fingerprint density at radius 1 is 1.00 bits per heavy atom. The highest BCUT2D eigenvalue weighted by atomic mass is 16.3. The number of hydrogen-bond donors (Lipinski definition) is 1. The molecule has 0 saturated heterocycles. The van der Waals surface area contributed by atoms with Gasteiger partial charge in [0.15, 0.2) is 0 Å². The first kappa shape index (κ1) is 13.1. The van der Waals surface area contributed by atoms with Gasteiger partial charge in [0.1, 0.15) is 5.75 Å². The predicted molar refractivity (Wildman–Crippen MR) is 69.9 cm³/mol. The zero-order chi connectivity index (χ0) is 11.8. The highest BCUT2D eigenvalue weighted by molar-refractivity contribution is 5.27. The van der Waals surface area contributed by atoms with Crippen molar-refractivity contribution in [3.8, 4) is 5.75 Å².